The highest BCUT2D eigenvalue weighted by Crippen LogP contribution is 2.52. The van der Waals surface area contributed by atoms with Crippen molar-refractivity contribution in [2.45, 2.75) is 24.9 Å². The minimum absolute atomic E-state index is 0.193. The van der Waals surface area contributed by atoms with Gasteiger partial charge in [0.2, 0.25) is 0 Å². The van der Waals surface area contributed by atoms with Gasteiger partial charge in [-0.1, -0.05) is 31.9 Å². The molecule has 1 aromatic carbocycles. The van der Waals surface area contributed by atoms with Crippen molar-refractivity contribution in [2.75, 3.05) is 11.5 Å². The third kappa shape index (κ3) is 2.90. The number of hydrogen-bond donors (Lipinski definition) is 0. The van der Waals surface area contributed by atoms with E-state index in [0.29, 0.717) is 0 Å². The standard InChI is InChI=1S/C16H20S2/c1-5-13-6-8-15(9-7-13)16(4)17-10-14(11-18-16)12(2)3/h1,6-9,12,14H,10-11H2,2-4H3/t14-,16-. The van der Waals surface area contributed by atoms with Gasteiger partial charge < -0.3 is 0 Å². The molecule has 0 radical (unpaired) electrons. The Morgan fingerprint density at radius 1 is 1.22 bits per heavy atom. The summed E-state index contributed by atoms with van der Waals surface area (Å²) in [4.78, 5) is 0. The van der Waals surface area contributed by atoms with E-state index in [9.17, 15) is 0 Å². The van der Waals surface area contributed by atoms with Crippen LogP contribution in [0.25, 0.3) is 0 Å². The van der Waals surface area contributed by atoms with Gasteiger partial charge in [0.05, 0.1) is 4.08 Å². The van der Waals surface area contributed by atoms with Crippen LogP contribution in [0.2, 0.25) is 0 Å². The van der Waals surface area contributed by atoms with Crippen molar-refractivity contribution in [2.24, 2.45) is 11.8 Å². The molecule has 0 N–H and O–H groups in total. The van der Waals surface area contributed by atoms with Crippen LogP contribution < -0.4 is 0 Å². The molecule has 0 aliphatic carbocycles. The van der Waals surface area contributed by atoms with Crippen molar-refractivity contribution in [3.63, 3.8) is 0 Å². The molecule has 0 spiro atoms. The maximum atomic E-state index is 5.40. The van der Waals surface area contributed by atoms with Gasteiger partial charge in [-0.15, -0.1) is 29.9 Å². The van der Waals surface area contributed by atoms with Gasteiger partial charge in [-0.3, -0.25) is 0 Å². The molecule has 0 nitrogen and oxygen atoms in total. The van der Waals surface area contributed by atoms with Crippen LogP contribution in [0.3, 0.4) is 0 Å². The van der Waals surface area contributed by atoms with Crippen LogP contribution in [-0.4, -0.2) is 11.5 Å². The summed E-state index contributed by atoms with van der Waals surface area (Å²) in [6, 6.07) is 8.47. The fourth-order valence-corrected chi connectivity index (χ4v) is 5.61. The van der Waals surface area contributed by atoms with E-state index >= 15 is 0 Å². The highest BCUT2D eigenvalue weighted by Gasteiger charge is 2.34. The maximum absolute atomic E-state index is 5.40. The fourth-order valence-electron chi connectivity index (χ4n) is 2.04. The average Bonchev–Trinajstić information content (AvgIpc) is 2.39. The third-order valence-corrected chi connectivity index (χ3v) is 7.13. The second kappa shape index (κ2) is 5.63. The Kier molecular flexibility index (Phi) is 4.35. The molecule has 0 unspecified atom stereocenters. The first-order valence-corrected chi connectivity index (χ1v) is 8.37. The van der Waals surface area contributed by atoms with E-state index in [1.807, 2.05) is 0 Å². The molecule has 0 aromatic heterocycles. The lowest BCUT2D eigenvalue weighted by Gasteiger charge is -2.38. The summed E-state index contributed by atoms with van der Waals surface area (Å²) in [5.74, 6) is 6.84. The highest BCUT2D eigenvalue weighted by molar-refractivity contribution is 8.18. The first kappa shape index (κ1) is 13.9. The molecule has 1 aromatic rings. The lowest BCUT2D eigenvalue weighted by atomic mass is 10.0. The molecule has 0 saturated carbocycles. The van der Waals surface area contributed by atoms with Crippen molar-refractivity contribution in [3.8, 4) is 12.3 Å². The normalized spacial score (nSPS) is 28.1. The van der Waals surface area contributed by atoms with E-state index in [-0.39, 0.29) is 4.08 Å². The summed E-state index contributed by atoms with van der Waals surface area (Å²) < 4.78 is 0.193. The van der Waals surface area contributed by atoms with Gasteiger partial charge in [0.1, 0.15) is 0 Å². The minimum atomic E-state index is 0.193. The number of terminal acetylenes is 1. The minimum Gasteiger partial charge on any atom is -0.139 e. The Morgan fingerprint density at radius 3 is 2.22 bits per heavy atom. The summed E-state index contributed by atoms with van der Waals surface area (Å²) >= 11 is 4.16. The van der Waals surface area contributed by atoms with Crippen LogP contribution in [0.5, 0.6) is 0 Å². The largest absolute Gasteiger partial charge is 0.139 e. The Morgan fingerprint density at radius 2 is 1.78 bits per heavy atom. The van der Waals surface area contributed by atoms with Crippen molar-refractivity contribution in [1.29, 1.82) is 0 Å². The molecular weight excluding hydrogens is 256 g/mol. The van der Waals surface area contributed by atoms with Crippen molar-refractivity contribution in [3.05, 3.63) is 35.4 Å². The SMILES string of the molecule is C#Cc1ccc([C@]2(C)SC[C@@H](C(C)C)CS2)cc1. The molecule has 2 rings (SSSR count). The molecule has 96 valence electrons. The lowest BCUT2D eigenvalue weighted by Crippen LogP contribution is -2.27. The van der Waals surface area contributed by atoms with E-state index in [0.717, 1.165) is 17.4 Å². The monoisotopic (exact) mass is 276 g/mol. The van der Waals surface area contributed by atoms with E-state index in [1.54, 1.807) is 0 Å². The molecule has 1 saturated heterocycles. The summed E-state index contributed by atoms with van der Waals surface area (Å²) in [6.45, 7) is 7.00. The topological polar surface area (TPSA) is 0 Å². The van der Waals surface area contributed by atoms with Crippen LogP contribution in [0.15, 0.2) is 24.3 Å². The molecule has 1 aliphatic heterocycles. The van der Waals surface area contributed by atoms with E-state index in [2.05, 4.69) is 74.5 Å². The first-order valence-electron chi connectivity index (χ1n) is 6.40. The smallest absolute Gasteiger partial charge is 0.0832 e. The predicted molar refractivity (Wildman–Crippen MR) is 85.0 cm³/mol. The molecule has 1 aliphatic rings. The summed E-state index contributed by atoms with van der Waals surface area (Å²) in [7, 11) is 0. The van der Waals surface area contributed by atoms with Gasteiger partial charge in [0.25, 0.3) is 0 Å². The third-order valence-electron chi connectivity index (χ3n) is 3.66. The molecule has 0 amide bonds. The van der Waals surface area contributed by atoms with E-state index in [1.165, 1.54) is 17.1 Å². The Bertz CT molecular complexity index is 431. The van der Waals surface area contributed by atoms with E-state index in [4.69, 9.17) is 6.42 Å². The molecule has 2 heteroatoms. The Labute approximate surface area is 119 Å². The second-order valence-corrected chi connectivity index (χ2v) is 8.43. The van der Waals surface area contributed by atoms with Gasteiger partial charge in [-0.2, -0.15) is 0 Å². The zero-order valence-electron chi connectivity index (χ0n) is 11.3. The quantitative estimate of drug-likeness (QED) is 0.724. The molecule has 18 heavy (non-hydrogen) atoms. The summed E-state index contributed by atoms with van der Waals surface area (Å²) in [5, 5.41) is 0. The maximum Gasteiger partial charge on any atom is 0.0832 e. The molecule has 1 fully saturated rings. The Balaban J connectivity index is 2.11. The number of hydrogen-bond acceptors (Lipinski definition) is 2. The van der Waals surface area contributed by atoms with Crippen LogP contribution in [0, 0.1) is 24.2 Å². The number of benzene rings is 1. The van der Waals surface area contributed by atoms with Crippen LogP contribution in [0.4, 0.5) is 0 Å². The lowest BCUT2D eigenvalue weighted by molar-refractivity contribution is 0.468. The molecule has 0 bridgehead atoms. The van der Waals surface area contributed by atoms with Gasteiger partial charge in [-0.25, -0.2) is 0 Å². The molecule has 0 atom stereocenters. The van der Waals surface area contributed by atoms with Gasteiger partial charge in [0.15, 0.2) is 0 Å². The van der Waals surface area contributed by atoms with Gasteiger partial charge in [0, 0.05) is 5.56 Å². The van der Waals surface area contributed by atoms with Crippen molar-refractivity contribution < 1.29 is 0 Å². The predicted octanol–water partition coefficient (Wildman–Crippen LogP) is 4.59. The van der Waals surface area contributed by atoms with Crippen LogP contribution in [0.1, 0.15) is 31.9 Å². The van der Waals surface area contributed by atoms with Crippen molar-refractivity contribution in [1.82, 2.24) is 0 Å². The molecular formula is C16H20S2. The van der Waals surface area contributed by atoms with Gasteiger partial charge >= 0.3 is 0 Å². The summed E-state index contributed by atoms with van der Waals surface area (Å²) in [6.07, 6.45) is 5.40. The Hall–Kier alpha value is -0.520. The average molecular weight is 276 g/mol. The zero-order valence-corrected chi connectivity index (χ0v) is 12.9. The highest BCUT2D eigenvalue weighted by atomic mass is 32.2. The number of rotatable bonds is 2. The van der Waals surface area contributed by atoms with Gasteiger partial charge in [-0.05, 0) is 48.0 Å². The van der Waals surface area contributed by atoms with Crippen molar-refractivity contribution >= 4 is 23.5 Å². The zero-order chi connectivity index (χ0) is 13.2. The first-order chi connectivity index (χ1) is 8.55. The number of thioether (sulfide) groups is 2. The van der Waals surface area contributed by atoms with Crippen LogP contribution >= 0.6 is 23.5 Å². The molecule has 1 heterocycles. The second-order valence-electron chi connectivity index (χ2n) is 5.29. The van der Waals surface area contributed by atoms with E-state index < -0.39 is 0 Å². The summed E-state index contributed by atoms with van der Waals surface area (Å²) in [5.41, 5.74) is 2.35. The fraction of sp³-hybridized carbons (Fsp3) is 0.500. The van der Waals surface area contributed by atoms with Crippen LogP contribution in [-0.2, 0) is 4.08 Å².